The zero-order valence-electron chi connectivity index (χ0n) is 18.1. The number of aromatic nitrogens is 2. The van der Waals surface area contributed by atoms with Gasteiger partial charge in [0.05, 0.1) is 11.8 Å². The van der Waals surface area contributed by atoms with Crippen LogP contribution in [0.2, 0.25) is 5.02 Å². The van der Waals surface area contributed by atoms with Crippen LogP contribution in [0.3, 0.4) is 0 Å². The highest BCUT2D eigenvalue weighted by Gasteiger charge is 2.16. The molecule has 3 aromatic carbocycles. The molecule has 4 aromatic rings. The molecule has 0 aliphatic heterocycles. The van der Waals surface area contributed by atoms with E-state index in [9.17, 15) is 14.4 Å². The smallest absolute Gasteiger partial charge is 0.343 e. The third-order valence-corrected chi connectivity index (χ3v) is 6.13. The summed E-state index contributed by atoms with van der Waals surface area (Å²) in [5, 5.41) is 15.3. The number of hydrogen-bond acceptors (Lipinski definition) is 8. The highest BCUT2D eigenvalue weighted by Crippen LogP contribution is 2.26. The molecule has 0 fully saturated rings. The Bertz CT molecular complexity index is 1440. The molecule has 0 saturated heterocycles. The summed E-state index contributed by atoms with van der Waals surface area (Å²) in [5.74, 6) is -2.38. The van der Waals surface area contributed by atoms with E-state index in [4.69, 9.17) is 16.3 Å². The van der Waals surface area contributed by atoms with Gasteiger partial charge in [-0.05, 0) is 42.5 Å². The Labute approximate surface area is 222 Å². The fourth-order valence-corrected chi connectivity index (χ4v) is 4.04. The number of halogens is 2. The van der Waals surface area contributed by atoms with Gasteiger partial charge in [0.25, 0.3) is 0 Å². The number of hydrogen-bond donors (Lipinski definition) is 2. The van der Waals surface area contributed by atoms with Crippen LogP contribution < -0.4 is 15.5 Å². The second-order valence-electron chi connectivity index (χ2n) is 7.01. The van der Waals surface area contributed by atoms with Crippen molar-refractivity contribution in [1.29, 1.82) is 0 Å². The maximum Gasteiger partial charge on any atom is 0.343 e. The number of hydrazone groups is 1. The minimum Gasteiger partial charge on any atom is -0.422 e. The van der Waals surface area contributed by atoms with Gasteiger partial charge >= 0.3 is 17.8 Å². The number of rotatable bonds is 6. The summed E-state index contributed by atoms with van der Waals surface area (Å²) in [4.78, 5) is 36.8. The van der Waals surface area contributed by atoms with Crippen LogP contribution in [0.25, 0.3) is 10.6 Å². The number of amides is 2. The van der Waals surface area contributed by atoms with E-state index in [-0.39, 0.29) is 10.9 Å². The largest absolute Gasteiger partial charge is 0.422 e. The monoisotopic (exact) mass is 583 g/mol. The summed E-state index contributed by atoms with van der Waals surface area (Å²) in [6, 6.07) is 20.4. The molecule has 0 atom stereocenters. The molecule has 0 unspecified atom stereocenters. The predicted molar refractivity (Wildman–Crippen MR) is 140 cm³/mol. The number of ether oxygens (including phenoxy) is 1. The molecule has 4 rings (SSSR count). The van der Waals surface area contributed by atoms with Gasteiger partial charge in [0.15, 0.2) is 0 Å². The van der Waals surface area contributed by atoms with Crippen LogP contribution in [0.5, 0.6) is 5.75 Å². The van der Waals surface area contributed by atoms with Crippen molar-refractivity contribution in [3.8, 4) is 16.3 Å². The average Bonchev–Trinajstić information content (AvgIpc) is 3.35. The lowest BCUT2D eigenvalue weighted by molar-refractivity contribution is -0.136. The predicted octanol–water partition coefficient (Wildman–Crippen LogP) is 4.93. The van der Waals surface area contributed by atoms with Crippen LogP contribution in [0.1, 0.15) is 15.9 Å². The van der Waals surface area contributed by atoms with Gasteiger partial charge in [-0.1, -0.05) is 69.2 Å². The summed E-state index contributed by atoms with van der Waals surface area (Å²) < 4.78 is 6.13. The number of esters is 1. The number of benzene rings is 3. The fourth-order valence-electron chi connectivity index (χ4n) is 2.79. The van der Waals surface area contributed by atoms with Crippen molar-refractivity contribution in [2.24, 2.45) is 5.10 Å². The molecule has 2 N–H and O–H groups in total. The highest BCUT2D eigenvalue weighted by molar-refractivity contribution is 9.10. The van der Waals surface area contributed by atoms with E-state index in [0.717, 1.165) is 16.9 Å². The lowest BCUT2D eigenvalue weighted by Gasteiger charge is -2.08. The van der Waals surface area contributed by atoms with Crippen molar-refractivity contribution < 1.29 is 19.1 Å². The Morgan fingerprint density at radius 1 is 0.972 bits per heavy atom. The normalized spacial score (nSPS) is 10.7. The number of nitrogens with zero attached hydrogens (tertiary/aromatic N) is 3. The standard InChI is InChI=1S/C24H15BrClN5O4S/c25-17-8-11-19(35-23(34)15-6-9-18(26)10-7-15)16(12-17)13-27-29-21(33)20(32)28-24-31-30-22(36-24)14-4-2-1-3-5-14/h1-13H,(H,29,33)(H,28,31,32)/b27-13+. The topological polar surface area (TPSA) is 123 Å². The second kappa shape index (κ2) is 11.7. The van der Waals surface area contributed by atoms with Crippen molar-refractivity contribution in [2.45, 2.75) is 0 Å². The molecule has 0 spiro atoms. The van der Waals surface area contributed by atoms with Crippen molar-refractivity contribution >= 4 is 68.0 Å². The van der Waals surface area contributed by atoms with Gasteiger partial charge in [-0.3, -0.25) is 14.9 Å². The van der Waals surface area contributed by atoms with Crippen molar-refractivity contribution in [3.63, 3.8) is 0 Å². The summed E-state index contributed by atoms with van der Waals surface area (Å²) in [6.45, 7) is 0. The lowest BCUT2D eigenvalue weighted by atomic mass is 10.2. The third kappa shape index (κ3) is 6.60. The first kappa shape index (κ1) is 25.2. The van der Waals surface area contributed by atoms with Gasteiger partial charge in [-0.25, -0.2) is 10.2 Å². The van der Waals surface area contributed by atoms with Crippen LogP contribution in [0.15, 0.2) is 82.4 Å². The van der Waals surface area contributed by atoms with Gasteiger partial charge in [-0.15, -0.1) is 10.2 Å². The van der Waals surface area contributed by atoms with Crippen LogP contribution in [0.4, 0.5) is 5.13 Å². The average molecular weight is 585 g/mol. The van der Waals surface area contributed by atoms with E-state index in [2.05, 4.69) is 42.0 Å². The Kier molecular flexibility index (Phi) is 8.16. The molecule has 180 valence electrons. The number of carbonyl (C=O) groups is 3. The van der Waals surface area contributed by atoms with Crippen molar-refractivity contribution in [1.82, 2.24) is 15.6 Å². The SMILES string of the molecule is O=C(N/N=C/c1cc(Br)ccc1OC(=O)c1ccc(Cl)cc1)C(=O)Nc1nnc(-c2ccccc2)s1. The second-order valence-corrected chi connectivity index (χ2v) is 9.34. The Hall–Kier alpha value is -3.93. The van der Waals surface area contributed by atoms with E-state index in [1.807, 2.05) is 30.3 Å². The number of nitrogens with one attached hydrogen (secondary N) is 2. The molecule has 2 amide bonds. The highest BCUT2D eigenvalue weighted by atomic mass is 79.9. The Morgan fingerprint density at radius 2 is 1.72 bits per heavy atom. The molecule has 36 heavy (non-hydrogen) atoms. The van der Waals surface area contributed by atoms with Crippen LogP contribution >= 0.6 is 38.9 Å². The first-order chi connectivity index (χ1) is 17.4. The van der Waals surface area contributed by atoms with Gasteiger partial charge in [0.2, 0.25) is 5.13 Å². The van der Waals surface area contributed by atoms with E-state index < -0.39 is 17.8 Å². The molecule has 12 heteroatoms. The Balaban J connectivity index is 1.38. The zero-order valence-corrected chi connectivity index (χ0v) is 21.3. The van der Waals surface area contributed by atoms with Gasteiger partial charge in [0, 0.05) is 20.6 Å². The van der Waals surface area contributed by atoms with Crippen molar-refractivity contribution in [3.05, 3.63) is 93.4 Å². The van der Waals surface area contributed by atoms with E-state index in [1.54, 1.807) is 30.3 Å². The summed E-state index contributed by atoms with van der Waals surface area (Å²) in [7, 11) is 0. The molecule has 0 aliphatic rings. The van der Waals surface area contributed by atoms with Crippen molar-refractivity contribution in [2.75, 3.05) is 5.32 Å². The van der Waals surface area contributed by atoms with Gasteiger partial charge in [-0.2, -0.15) is 5.10 Å². The summed E-state index contributed by atoms with van der Waals surface area (Å²) >= 11 is 10.3. The maximum atomic E-state index is 12.4. The number of carbonyl (C=O) groups excluding carboxylic acids is 3. The molecule has 0 bridgehead atoms. The first-order valence-electron chi connectivity index (χ1n) is 10.2. The van der Waals surface area contributed by atoms with Crippen LogP contribution in [0, 0.1) is 0 Å². The van der Waals surface area contributed by atoms with E-state index in [1.165, 1.54) is 18.3 Å². The molecule has 1 heterocycles. The van der Waals surface area contributed by atoms with Crippen LogP contribution in [-0.2, 0) is 9.59 Å². The lowest BCUT2D eigenvalue weighted by Crippen LogP contribution is -2.32. The number of anilines is 1. The summed E-state index contributed by atoms with van der Waals surface area (Å²) in [5.41, 5.74) is 3.66. The first-order valence-corrected chi connectivity index (χ1v) is 12.2. The molecular formula is C24H15BrClN5O4S. The molecule has 0 saturated carbocycles. The van der Waals surface area contributed by atoms with E-state index >= 15 is 0 Å². The quantitative estimate of drug-likeness (QED) is 0.109. The maximum absolute atomic E-state index is 12.4. The van der Waals surface area contributed by atoms with E-state index in [0.29, 0.717) is 25.6 Å². The minimum atomic E-state index is -1.02. The molecular weight excluding hydrogens is 570 g/mol. The summed E-state index contributed by atoms with van der Waals surface area (Å²) in [6.07, 6.45) is 1.25. The van der Waals surface area contributed by atoms with Crippen LogP contribution in [-0.4, -0.2) is 34.2 Å². The Morgan fingerprint density at radius 3 is 2.47 bits per heavy atom. The fraction of sp³-hybridized carbons (Fsp3) is 0. The molecule has 1 aromatic heterocycles. The molecule has 9 nitrogen and oxygen atoms in total. The van der Waals surface area contributed by atoms with Gasteiger partial charge < -0.3 is 4.74 Å². The minimum absolute atomic E-state index is 0.168. The molecule has 0 radical (unpaired) electrons. The van der Waals surface area contributed by atoms with Gasteiger partial charge in [0.1, 0.15) is 10.8 Å². The molecule has 0 aliphatic carbocycles. The zero-order chi connectivity index (χ0) is 25.5. The third-order valence-electron chi connectivity index (χ3n) is 4.50.